The van der Waals surface area contributed by atoms with Crippen LogP contribution in [0.25, 0.3) is 0 Å². The molecular weight excluding hydrogens is 204 g/mol. The quantitative estimate of drug-likeness (QED) is 0.753. The van der Waals surface area contributed by atoms with Crippen LogP contribution in [-0.2, 0) is 4.79 Å². The van der Waals surface area contributed by atoms with Crippen molar-refractivity contribution in [2.24, 2.45) is 10.8 Å². The number of aliphatic hydroxyl groups is 1. The van der Waals surface area contributed by atoms with Crippen molar-refractivity contribution in [2.45, 2.75) is 39.5 Å². The van der Waals surface area contributed by atoms with E-state index in [2.05, 4.69) is 11.4 Å². The highest BCUT2D eigenvalue weighted by Gasteiger charge is 2.41. The number of carbonyl (C=O) groups is 1. The van der Waals surface area contributed by atoms with Crippen LogP contribution in [0.2, 0.25) is 0 Å². The lowest BCUT2D eigenvalue weighted by Gasteiger charge is -2.25. The molecule has 1 aliphatic rings. The van der Waals surface area contributed by atoms with Crippen LogP contribution in [0.1, 0.15) is 39.5 Å². The second-order valence-corrected chi connectivity index (χ2v) is 5.41. The predicted molar refractivity (Wildman–Crippen MR) is 60.4 cm³/mol. The molecule has 1 amide bonds. The largest absolute Gasteiger partial charge is 0.396 e. The minimum Gasteiger partial charge on any atom is -0.396 e. The summed E-state index contributed by atoms with van der Waals surface area (Å²) in [6.07, 6.45) is 3.22. The Kier molecular flexibility index (Phi) is 3.93. The van der Waals surface area contributed by atoms with Gasteiger partial charge >= 0.3 is 0 Å². The van der Waals surface area contributed by atoms with E-state index >= 15 is 0 Å². The summed E-state index contributed by atoms with van der Waals surface area (Å²) >= 11 is 0. The zero-order valence-corrected chi connectivity index (χ0v) is 10.0. The van der Waals surface area contributed by atoms with Crippen LogP contribution in [-0.4, -0.2) is 24.2 Å². The van der Waals surface area contributed by atoms with Crippen LogP contribution in [0.15, 0.2) is 0 Å². The molecule has 1 saturated carbocycles. The molecule has 0 aliphatic heterocycles. The fraction of sp³-hybridized carbons (Fsp3) is 0.833. The highest BCUT2D eigenvalue weighted by Crippen LogP contribution is 2.37. The molecule has 1 aliphatic carbocycles. The topological polar surface area (TPSA) is 73.1 Å². The van der Waals surface area contributed by atoms with Gasteiger partial charge in [-0.05, 0) is 12.8 Å². The van der Waals surface area contributed by atoms with Crippen molar-refractivity contribution < 1.29 is 9.90 Å². The van der Waals surface area contributed by atoms with E-state index in [1.807, 2.05) is 13.8 Å². The van der Waals surface area contributed by atoms with Crippen molar-refractivity contribution in [1.82, 2.24) is 5.32 Å². The molecule has 4 nitrogen and oxygen atoms in total. The van der Waals surface area contributed by atoms with E-state index in [4.69, 9.17) is 10.4 Å². The van der Waals surface area contributed by atoms with Gasteiger partial charge in [-0.3, -0.25) is 4.79 Å². The molecule has 0 saturated heterocycles. The maximum Gasteiger partial charge on any atom is 0.240 e. The zero-order valence-electron chi connectivity index (χ0n) is 10.0. The number of nitriles is 1. The van der Waals surface area contributed by atoms with Crippen LogP contribution in [0.5, 0.6) is 0 Å². The summed E-state index contributed by atoms with van der Waals surface area (Å²) in [6.45, 7) is 4.18. The molecule has 0 spiro atoms. The Bertz CT molecular complexity index is 299. The highest BCUT2D eigenvalue weighted by atomic mass is 16.3. The second-order valence-electron chi connectivity index (χ2n) is 5.41. The molecule has 90 valence electrons. The number of carbonyl (C=O) groups excluding carboxylic acids is 1. The lowest BCUT2D eigenvalue weighted by molar-refractivity contribution is -0.128. The van der Waals surface area contributed by atoms with E-state index in [-0.39, 0.29) is 17.9 Å². The van der Waals surface area contributed by atoms with E-state index in [1.165, 1.54) is 0 Å². The van der Waals surface area contributed by atoms with Gasteiger partial charge < -0.3 is 10.4 Å². The van der Waals surface area contributed by atoms with Gasteiger partial charge in [0, 0.05) is 18.6 Å². The fourth-order valence-electron chi connectivity index (χ4n) is 1.91. The molecule has 0 unspecified atom stereocenters. The number of hydrogen-bond donors (Lipinski definition) is 2. The predicted octanol–water partition coefficient (Wildman–Crippen LogP) is 1.21. The van der Waals surface area contributed by atoms with Gasteiger partial charge in [-0.2, -0.15) is 5.26 Å². The average Bonchev–Trinajstić information content (AvgIpc) is 2.76. The first-order chi connectivity index (χ1) is 7.46. The number of nitrogens with zero attached hydrogens (tertiary/aromatic N) is 1. The van der Waals surface area contributed by atoms with Crippen molar-refractivity contribution in [3.8, 4) is 6.07 Å². The van der Waals surface area contributed by atoms with Gasteiger partial charge in [0.1, 0.15) is 5.41 Å². The standard InChI is InChI=1S/C12H20N2O2/c1-11(2,9-15)8-14-10(16)12(7-13)5-3-4-6-12/h15H,3-6,8-9H2,1-2H3,(H,14,16). The Hall–Kier alpha value is -1.08. The minimum absolute atomic E-state index is 0.0207. The molecule has 4 heteroatoms. The third-order valence-corrected chi connectivity index (χ3v) is 3.26. The molecule has 0 bridgehead atoms. The normalized spacial score (nSPS) is 19.1. The van der Waals surface area contributed by atoms with Gasteiger partial charge in [0.25, 0.3) is 0 Å². The van der Waals surface area contributed by atoms with Gasteiger partial charge in [0.05, 0.1) is 6.07 Å². The summed E-state index contributed by atoms with van der Waals surface area (Å²) in [5.74, 6) is -0.172. The summed E-state index contributed by atoms with van der Waals surface area (Å²) in [4.78, 5) is 11.9. The number of aliphatic hydroxyl groups excluding tert-OH is 1. The SMILES string of the molecule is CC(C)(CO)CNC(=O)C1(C#N)CCCC1. The maximum atomic E-state index is 11.9. The van der Waals surface area contributed by atoms with E-state index in [0.29, 0.717) is 19.4 Å². The summed E-state index contributed by atoms with van der Waals surface area (Å²) < 4.78 is 0. The summed E-state index contributed by atoms with van der Waals surface area (Å²) in [6, 6.07) is 2.16. The monoisotopic (exact) mass is 224 g/mol. The van der Waals surface area contributed by atoms with E-state index in [1.54, 1.807) is 0 Å². The average molecular weight is 224 g/mol. The van der Waals surface area contributed by atoms with E-state index < -0.39 is 5.41 Å². The van der Waals surface area contributed by atoms with Crippen molar-refractivity contribution in [1.29, 1.82) is 5.26 Å². The lowest BCUT2D eigenvalue weighted by atomic mass is 9.86. The zero-order chi connectivity index (χ0) is 12.2. The summed E-state index contributed by atoms with van der Waals surface area (Å²) in [5.41, 5.74) is -1.14. The number of nitrogens with one attached hydrogen (secondary N) is 1. The summed E-state index contributed by atoms with van der Waals surface area (Å²) in [7, 11) is 0. The van der Waals surface area contributed by atoms with Crippen LogP contribution < -0.4 is 5.32 Å². The van der Waals surface area contributed by atoms with E-state index in [0.717, 1.165) is 12.8 Å². The summed E-state index contributed by atoms with van der Waals surface area (Å²) in [5, 5.41) is 21.0. The van der Waals surface area contributed by atoms with E-state index in [9.17, 15) is 4.79 Å². The minimum atomic E-state index is -0.814. The first kappa shape index (κ1) is 13.0. The molecule has 0 heterocycles. The van der Waals surface area contributed by atoms with Crippen LogP contribution >= 0.6 is 0 Å². The molecule has 0 radical (unpaired) electrons. The molecule has 0 aromatic heterocycles. The Morgan fingerprint density at radius 3 is 2.50 bits per heavy atom. The lowest BCUT2D eigenvalue weighted by Crippen LogP contribution is -2.43. The van der Waals surface area contributed by atoms with Gasteiger partial charge in [0.2, 0.25) is 5.91 Å². The smallest absolute Gasteiger partial charge is 0.240 e. The van der Waals surface area contributed by atoms with Crippen LogP contribution in [0, 0.1) is 22.2 Å². The number of amides is 1. The van der Waals surface area contributed by atoms with Crippen molar-refractivity contribution >= 4 is 5.91 Å². The van der Waals surface area contributed by atoms with Gasteiger partial charge in [-0.25, -0.2) is 0 Å². The first-order valence-corrected chi connectivity index (χ1v) is 5.76. The molecule has 0 aromatic rings. The second kappa shape index (κ2) is 4.84. The Labute approximate surface area is 96.6 Å². The number of hydrogen-bond acceptors (Lipinski definition) is 3. The maximum absolute atomic E-state index is 11.9. The van der Waals surface area contributed by atoms with Crippen molar-refractivity contribution in [3.63, 3.8) is 0 Å². The molecule has 1 fully saturated rings. The third-order valence-electron chi connectivity index (χ3n) is 3.26. The van der Waals surface area contributed by atoms with Crippen LogP contribution in [0.4, 0.5) is 0 Å². The Morgan fingerprint density at radius 1 is 1.50 bits per heavy atom. The molecule has 0 atom stereocenters. The van der Waals surface area contributed by atoms with Crippen molar-refractivity contribution in [3.05, 3.63) is 0 Å². The van der Waals surface area contributed by atoms with Crippen LogP contribution in [0.3, 0.4) is 0 Å². The Morgan fingerprint density at radius 2 is 2.06 bits per heavy atom. The highest BCUT2D eigenvalue weighted by molar-refractivity contribution is 5.85. The number of rotatable bonds is 4. The van der Waals surface area contributed by atoms with Crippen molar-refractivity contribution in [2.75, 3.05) is 13.2 Å². The van der Waals surface area contributed by atoms with Gasteiger partial charge in [0.15, 0.2) is 0 Å². The van der Waals surface area contributed by atoms with Gasteiger partial charge in [-0.15, -0.1) is 0 Å². The Balaban J connectivity index is 2.55. The molecule has 16 heavy (non-hydrogen) atoms. The van der Waals surface area contributed by atoms with Gasteiger partial charge in [-0.1, -0.05) is 26.7 Å². The first-order valence-electron chi connectivity index (χ1n) is 5.76. The molecular formula is C12H20N2O2. The third kappa shape index (κ3) is 2.73. The molecule has 1 rings (SSSR count). The fourth-order valence-corrected chi connectivity index (χ4v) is 1.91. The molecule has 2 N–H and O–H groups in total. The molecule has 0 aromatic carbocycles.